The molecule has 8 nitrogen and oxygen atoms in total. The standard InChI is InChI=1S/C14H24N4O4/c15-14(21)22-8-2-4-11(13(20)17-9-5-6-9)18-12(19)10-3-1-7-16-10/h9-11,16H,1-8H2,(H2,15,21)(H,17,20)(H,18,19)/t10-,11?/m0/s1. The third-order valence-electron chi connectivity index (χ3n) is 3.81. The fraction of sp³-hybridized carbons (Fsp3) is 0.786. The molecule has 2 rings (SSSR count). The van der Waals surface area contributed by atoms with E-state index in [0.717, 1.165) is 32.2 Å². The van der Waals surface area contributed by atoms with E-state index in [2.05, 4.69) is 20.7 Å². The molecule has 1 aliphatic heterocycles. The molecule has 1 unspecified atom stereocenters. The van der Waals surface area contributed by atoms with Gasteiger partial charge in [-0.2, -0.15) is 0 Å². The molecule has 3 amide bonds. The van der Waals surface area contributed by atoms with Crippen LogP contribution in [0.25, 0.3) is 0 Å². The largest absolute Gasteiger partial charge is 0.450 e. The summed E-state index contributed by atoms with van der Waals surface area (Å²) in [4.78, 5) is 34.9. The molecule has 0 aromatic heterocycles. The first kappa shape index (κ1) is 16.5. The summed E-state index contributed by atoms with van der Waals surface area (Å²) >= 11 is 0. The zero-order valence-electron chi connectivity index (χ0n) is 12.6. The van der Waals surface area contributed by atoms with Crippen LogP contribution >= 0.6 is 0 Å². The summed E-state index contributed by atoms with van der Waals surface area (Å²) in [5, 5.41) is 8.79. The summed E-state index contributed by atoms with van der Waals surface area (Å²) in [6, 6.07) is -0.594. The maximum atomic E-state index is 12.2. The Bertz CT molecular complexity index is 419. The van der Waals surface area contributed by atoms with Crippen molar-refractivity contribution in [1.29, 1.82) is 0 Å². The van der Waals surface area contributed by atoms with Crippen molar-refractivity contribution in [2.45, 2.75) is 56.7 Å². The molecular weight excluding hydrogens is 288 g/mol. The topological polar surface area (TPSA) is 123 Å². The Morgan fingerprint density at radius 2 is 2.05 bits per heavy atom. The number of carbonyl (C=O) groups is 3. The molecule has 2 fully saturated rings. The Balaban J connectivity index is 1.80. The molecule has 1 saturated carbocycles. The van der Waals surface area contributed by atoms with Crippen LogP contribution in [0.4, 0.5) is 4.79 Å². The smallest absolute Gasteiger partial charge is 0.404 e. The van der Waals surface area contributed by atoms with Crippen molar-refractivity contribution >= 4 is 17.9 Å². The van der Waals surface area contributed by atoms with E-state index >= 15 is 0 Å². The number of carbonyl (C=O) groups excluding carboxylic acids is 3. The normalized spacial score (nSPS) is 21.9. The SMILES string of the molecule is NC(=O)OCCCC(NC(=O)[C@@H]1CCCN1)C(=O)NC1CC1. The Morgan fingerprint density at radius 1 is 1.27 bits per heavy atom. The van der Waals surface area contributed by atoms with Gasteiger partial charge in [-0.25, -0.2) is 4.79 Å². The molecule has 0 aromatic carbocycles. The fourth-order valence-corrected chi connectivity index (χ4v) is 2.44. The summed E-state index contributed by atoms with van der Waals surface area (Å²) < 4.78 is 4.65. The molecule has 0 spiro atoms. The molecular formula is C14H24N4O4. The van der Waals surface area contributed by atoms with Crippen LogP contribution in [0, 0.1) is 0 Å². The maximum absolute atomic E-state index is 12.2. The van der Waals surface area contributed by atoms with Gasteiger partial charge in [-0.15, -0.1) is 0 Å². The first-order chi connectivity index (χ1) is 10.6. The number of rotatable bonds is 8. The highest BCUT2D eigenvalue weighted by Gasteiger charge is 2.30. The lowest BCUT2D eigenvalue weighted by atomic mass is 10.1. The van der Waals surface area contributed by atoms with Crippen LogP contribution in [-0.2, 0) is 14.3 Å². The molecule has 1 heterocycles. The summed E-state index contributed by atoms with van der Waals surface area (Å²) in [5.41, 5.74) is 4.89. The zero-order chi connectivity index (χ0) is 15.9. The van der Waals surface area contributed by atoms with Crippen LogP contribution in [0.5, 0.6) is 0 Å². The van der Waals surface area contributed by atoms with Gasteiger partial charge in [0.05, 0.1) is 12.6 Å². The second kappa shape index (κ2) is 7.98. The summed E-state index contributed by atoms with van der Waals surface area (Å²) in [6.45, 7) is 0.962. The summed E-state index contributed by atoms with van der Waals surface area (Å²) in [5.74, 6) is -0.322. The average Bonchev–Trinajstić information content (AvgIpc) is 3.11. The molecule has 124 valence electrons. The number of nitrogens with two attached hydrogens (primary N) is 1. The zero-order valence-corrected chi connectivity index (χ0v) is 12.6. The van der Waals surface area contributed by atoms with E-state index in [0.29, 0.717) is 12.8 Å². The number of hydrogen-bond donors (Lipinski definition) is 4. The van der Waals surface area contributed by atoms with Crippen molar-refractivity contribution in [3.63, 3.8) is 0 Å². The molecule has 0 radical (unpaired) electrons. The molecule has 5 N–H and O–H groups in total. The van der Waals surface area contributed by atoms with Crippen molar-refractivity contribution in [3.8, 4) is 0 Å². The van der Waals surface area contributed by atoms with Gasteiger partial charge in [0.25, 0.3) is 0 Å². The molecule has 22 heavy (non-hydrogen) atoms. The lowest BCUT2D eigenvalue weighted by molar-refractivity contribution is -0.130. The van der Waals surface area contributed by atoms with Crippen LogP contribution in [0.15, 0.2) is 0 Å². The van der Waals surface area contributed by atoms with Gasteiger partial charge in [-0.1, -0.05) is 0 Å². The summed E-state index contributed by atoms with van der Waals surface area (Å²) in [6.07, 6.45) is 3.76. The van der Waals surface area contributed by atoms with Gasteiger partial charge in [0.1, 0.15) is 6.04 Å². The van der Waals surface area contributed by atoms with Gasteiger partial charge in [-0.05, 0) is 45.1 Å². The average molecular weight is 312 g/mol. The lowest BCUT2D eigenvalue weighted by Crippen LogP contribution is -2.51. The molecule has 8 heteroatoms. The van der Waals surface area contributed by atoms with Gasteiger partial charge >= 0.3 is 6.09 Å². The number of amides is 3. The van der Waals surface area contributed by atoms with Crippen molar-refractivity contribution in [2.75, 3.05) is 13.2 Å². The monoisotopic (exact) mass is 312 g/mol. The van der Waals surface area contributed by atoms with Gasteiger partial charge in [-0.3, -0.25) is 9.59 Å². The van der Waals surface area contributed by atoms with Crippen molar-refractivity contribution in [2.24, 2.45) is 5.73 Å². The van der Waals surface area contributed by atoms with Gasteiger partial charge in [0, 0.05) is 6.04 Å². The third-order valence-corrected chi connectivity index (χ3v) is 3.81. The van der Waals surface area contributed by atoms with E-state index in [1.54, 1.807) is 0 Å². The molecule has 1 saturated heterocycles. The van der Waals surface area contributed by atoms with Gasteiger partial charge in [0.2, 0.25) is 11.8 Å². The first-order valence-electron chi connectivity index (χ1n) is 7.82. The van der Waals surface area contributed by atoms with Crippen LogP contribution in [-0.4, -0.2) is 49.2 Å². The molecule has 1 aliphatic carbocycles. The minimum absolute atomic E-state index is 0.139. The predicted octanol–water partition coefficient (Wildman–Crippen LogP) is -0.623. The first-order valence-corrected chi connectivity index (χ1v) is 7.82. The second-order valence-electron chi connectivity index (χ2n) is 5.80. The van der Waals surface area contributed by atoms with Gasteiger partial charge in [0.15, 0.2) is 0 Å². The van der Waals surface area contributed by atoms with Crippen LogP contribution < -0.4 is 21.7 Å². The highest BCUT2D eigenvalue weighted by molar-refractivity contribution is 5.90. The molecule has 0 aromatic rings. The van der Waals surface area contributed by atoms with E-state index < -0.39 is 12.1 Å². The van der Waals surface area contributed by atoms with E-state index in [1.807, 2.05) is 0 Å². The van der Waals surface area contributed by atoms with Gasteiger partial charge < -0.3 is 26.4 Å². The highest BCUT2D eigenvalue weighted by atomic mass is 16.5. The fourth-order valence-electron chi connectivity index (χ4n) is 2.44. The Morgan fingerprint density at radius 3 is 2.64 bits per heavy atom. The number of ether oxygens (including phenoxy) is 1. The van der Waals surface area contributed by atoms with Crippen LogP contribution in [0.1, 0.15) is 38.5 Å². The Labute approximate surface area is 129 Å². The third kappa shape index (κ3) is 5.51. The van der Waals surface area contributed by atoms with Crippen molar-refractivity contribution < 1.29 is 19.1 Å². The Hall–Kier alpha value is -1.83. The quantitative estimate of drug-likeness (QED) is 0.445. The maximum Gasteiger partial charge on any atom is 0.404 e. The van der Waals surface area contributed by atoms with E-state index in [1.165, 1.54) is 0 Å². The van der Waals surface area contributed by atoms with Crippen LogP contribution in [0.3, 0.4) is 0 Å². The van der Waals surface area contributed by atoms with E-state index in [-0.39, 0.29) is 30.5 Å². The van der Waals surface area contributed by atoms with Crippen LogP contribution in [0.2, 0.25) is 0 Å². The van der Waals surface area contributed by atoms with E-state index in [9.17, 15) is 14.4 Å². The minimum atomic E-state index is -0.835. The van der Waals surface area contributed by atoms with E-state index in [4.69, 9.17) is 5.73 Å². The Kier molecular flexibility index (Phi) is 6.00. The van der Waals surface area contributed by atoms with Crippen molar-refractivity contribution in [3.05, 3.63) is 0 Å². The molecule has 0 bridgehead atoms. The predicted molar refractivity (Wildman–Crippen MR) is 78.9 cm³/mol. The molecule has 2 atom stereocenters. The highest BCUT2D eigenvalue weighted by Crippen LogP contribution is 2.19. The van der Waals surface area contributed by atoms with Crippen molar-refractivity contribution in [1.82, 2.24) is 16.0 Å². The minimum Gasteiger partial charge on any atom is -0.450 e. The summed E-state index contributed by atoms with van der Waals surface area (Å²) in [7, 11) is 0. The lowest BCUT2D eigenvalue weighted by Gasteiger charge is -2.20. The second-order valence-corrected chi connectivity index (χ2v) is 5.80. The number of nitrogens with one attached hydrogen (secondary N) is 3. The number of primary amides is 1. The molecule has 2 aliphatic rings. The number of hydrogen-bond acceptors (Lipinski definition) is 5.